The summed E-state index contributed by atoms with van der Waals surface area (Å²) in [5.41, 5.74) is 3.58. The van der Waals surface area contributed by atoms with E-state index in [0.29, 0.717) is 6.35 Å². The Labute approximate surface area is 149 Å². The van der Waals surface area contributed by atoms with Gasteiger partial charge < -0.3 is 4.74 Å². The predicted octanol–water partition coefficient (Wildman–Crippen LogP) is 6.22. The van der Waals surface area contributed by atoms with Crippen molar-refractivity contribution in [3.05, 3.63) is 108 Å². The summed E-state index contributed by atoms with van der Waals surface area (Å²) < 4.78 is 5.47. The predicted molar refractivity (Wildman–Crippen MR) is 104 cm³/mol. The molecule has 0 amide bonds. The summed E-state index contributed by atoms with van der Waals surface area (Å²) >= 11 is 7.05. The lowest BCUT2D eigenvalue weighted by atomic mass is 9.84. The van der Waals surface area contributed by atoms with Crippen molar-refractivity contribution in [3.8, 4) is 0 Å². The van der Waals surface area contributed by atoms with E-state index in [1.54, 1.807) is 7.11 Å². The second kappa shape index (κ2) is 7.94. The van der Waals surface area contributed by atoms with Crippen LogP contribution < -0.4 is 0 Å². The van der Waals surface area contributed by atoms with Gasteiger partial charge in [-0.2, -0.15) is 0 Å². The summed E-state index contributed by atoms with van der Waals surface area (Å²) in [6.45, 7) is 0. The molecular formula is C21H20ClOP. The van der Waals surface area contributed by atoms with Crippen molar-refractivity contribution < 1.29 is 4.74 Å². The van der Waals surface area contributed by atoms with Gasteiger partial charge in [-0.25, -0.2) is 0 Å². The van der Waals surface area contributed by atoms with Gasteiger partial charge in [-0.05, 0) is 16.7 Å². The average Bonchev–Trinajstić information content (AvgIpc) is 2.65. The van der Waals surface area contributed by atoms with Gasteiger partial charge in [0.2, 0.25) is 0 Å². The fourth-order valence-electron chi connectivity index (χ4n) is 3.17. The normalized spacial score (nSPS) is 12.8. The van der Waals surface area contributed by atoms with Gasteiger partial charge in [0, 0.05) is 14.4 Å². The topological polar surface area (TPSA) is 9.23 Å². The molecule has 1 atom stereocenters. The molecule has 0 aliphatic heterocycles. The van der Waals surface area contributed by atoms with Gasteiger partial charge in [-0.15, -0.1) is 0 Å². The zero-order valence-electron chi connectivity index (χ0n) is 13.6. The van der Waals surface area contributed by atoms with Crippen LogP contribution in [-0.4, -0.2) is 13.5 Å². The zero-order valence-corrected chi connectivity index (χ0v) is 15.3. The summed E-state index contributed by atoms with van der Waals surface area (Å²) in [5, 5.41) is -0.406. The van der Waals surface area contributed by atoms with Gasteiger partial charge in [-0.1, -0.05) is 102 Å². The largest absolute Gasteiger partial charge is 0.379 e. The van der Waals surface area contributed by atoms with E-state index in [-0.39, 0.29) is 0 Å². The minimum atomic E-state index is -1.01. The molecule has 0 N–H and O–H groups in total. The van der Waals surface area contributed by atoms with Crippen LogP contribution in [0.5, 0.6) is 0 Å². The Morgan fingerprint density at radius 3 is 1.33 bits per heavy atom. The van der Waals surface area contributed by atoms with Crippen LogP contribution in [0.4, 0.5) is 0 Å². The highest BCUT2D eigenvalue weighted by atomic mass is 35.7. The molecular weight excluding hydrogens is 335 g/mol. The highest BCUT2D eigenvalue weighted by Gasteiger charge is 2.43. The van der Waals surface area contributed by atoms with E-state index >= 15 is 0 Å². The molecule has 0 heterocycles. The maximum absolute atomic E-state index is 7.05. The van der Waals surface area contributed by atoms with Crippen LogP contribution >= 0.6 is 18.5 Å². The van der Waals surface area contributed by atoms with Gasteiger partial charge in [0.1, 0.15) is 0 Å². The second-order valence-electron chi connectivity index (χ2n) is 5.59. The van der Waals surface area contributed by atoms with Crippen molar-refractivity contribution in [1.29, 1.82) is 0 Å². The number of halogens is 1. The van der Waals surface area contributed by atoms with Gasteiger partial charge in [0.25, 0.3) is 0 Å². The zero-order chi connectivity index (χ0) is 16.8. The molecule has 0 aliphatic carbocycles. The molecule has 0 fully saturated rings. The van der Waals surface area contributed by atoms with Crippen molar-refractivity contribution >= 4 is 18.5 Å². The number of hydrogen-bond acceptors (Lipinski definition) is 1. The van der Waals surface area contributed by atoms with Crippen molar-refractivity contribution in [2.24, 2.45) is 0 Å². The molecule has 0 saturated heterocycles. The van der Waals surface area contributed by atoms with Crippen molar-refractivity contribution in [1.82, 2.24) is 0 Å². The highest BCUT2D eigenvalue weighted by Crippen LogP contribution is 2.66. The lowest BCUT2D eigenvalue weighted by Crippen LogP contribution is -2.27. The number of ether oxygens (including phenoxy) is 1. The summed E-state index contributed by atoms with van der Waals surface area (Å²) in [4.78, 5) is 0. The molecule has 0 aliphatic rings. The monoisotopic (exact) mass is 354 g/mol. The first kappa shape index (κ1) is 17.2. The minimum absolute atomic E-state index is 0.406. The lowest BCUT2D eigenvalue weighted by Gasteiger charge is -2.39. The Morgan fingerprint density at radius 1 is 0.708 bits per heavy atom. The van der Waals surface area contributed by atoms with Crippen LogP contribution in [0.2, 0.25) is 0 Å². The SMILES string of the molecule is COCP(Cl)C(c1ccccc1)(c1ccccc1)c1ccccc1. The molecule has 122 valence electrons. The fraction of sp³-hybridized carbons (Fsp3) is 0.143. The van der Waals surface area contributed by atoms with Crippen LogP contribution in [0.1, 0.15) is 16.7 Å². The van der Waals surface area contributed by atoms with E-state index in [1.807, 2.05) is 18.2 Å². The maximum atomic E-state index is 7.05. The molecule has 0 radical (unpaired) electrons. The van der Waals surface area contributed by atoms with E-state index in [2.05, 4.69) is 72.8 Å². The van der Waals surface area contributed by atoms with E-state index in [4.69, 9.17) is 16.0 Å². The van der Waals surface area contributed by atoms with E-state index < -0.39 is 12.4 Å². The molecule has 3 aromatic rings. The maximum Gasteiger partial charge on any atom is 0.0812 e. The van der Waals surface area contributed by atoms with Crippen LogP contribution in [0.3, 0.4) is 0 Å². The molecule has 0 spiro atoms. The summed E-state index contributed by atoms with van der Waals surface area (Å²) in [7, 11) is 0.705. The molecule has 0 saturated carbocycles. The number of methoxy groups -OCH3 is 1. The molecule has 3 heteroatoms. The third-order valence-electron chi connectivity index (χ3n) is 4.18. The number of benzene rings is 3. The number of hydrogen-bond donors (Lipinski definition) is 0. The Bertz CT molecular complexity index is 650. The van der Waals surface area contributed by atoms with E-state index in [1.165, 1.54) is 16.7 Å². The van der Waals surface area contributed by atoms with Gasteiger partial charge in [0.15, 0.2) is 0 Å². The van der Waals surface area contributed by atoms with E-state index in [0.717, 1.165) is 0 Å². The van der Waals surface area contributed by atoms with Crippen LogP contribution in [0.25, 0.3) is 0 Å². The first-order chi connectivity index (χ1) is 11.8. The van der Waals surface area contributed by atoms with E-state index in [9.17, 15) is 0 Å². The first-order valence-corrected chi connectivity index (χ1v) is 10.3. The summed E-state index contributed by atoms with van der Waals surface area (Å²) in [6.07, 6.45) is 0.523. The summed E-state index contributed by atoms with van der Waals surface area (Å²) in [6, 6.07) is 31.5. The van der Waals surface area contributed by atoms with Crippen molar-refractivity contribution in [3.63, 3.8) is 0 Å². The lowest BCUT2D eigenvalue weighted by molar-refractivity contribution is 0.255. The van der Waals surface area contributed by atoms with Crippen LogP contribution in [0.15, 0.2) is 91.0 Å². The van der Waals surface area contributed by atoms with Crippen molar-refractivity contribution in [2.45, 2.75) is 5.16 Å². The molecule has 0 aromatic heterocycles. The molecule has 3 rings (SSSR count). The third kappa shape index (κ3) is 3.13. The van der Waals surface area contributed by atoms with Crippen LogP contribution in [0, 0.1) is 0 Å². The fourth-order valence-corrected chi connectivity index (χ4v) is 6.05. The quantitative estimate of drug-likeness (QED) is 0.377. The first-order valence-electron chi connectivity index (χ1n) is 7.89. The molecule has 1 unspecified atom stereocenters. The standard InChI is InChI=1S/C21H20ClOP/c1-23-17-24(22)21(18-11-5-2-6-12-18,19-13-7-3-8-14-19)20-15-9-4-10-16-20/h2-16H,17H2,1H3. The van der Waals surface area contributed by atoms with Gasteiger partial charge >= 0.3 is 0 Å². The average molecular weight is 355 g/mol. The highest BCUT2D eigenvalue weighted by molar-refractivity contribution is 7.85. The minimum Gasteiger partial charge on any atom is -0.379 e. The van der Waals surface area contributed by atoms with Crippen molar-refractivity contribution in [2.75, 3.05) is 13.5 Å². The van der Waals surface area contributed by atoms with Gasteiger partial charge in [0.05, 0.1) is 11.5 Å². The summed E-state index contributed by atoms with van der Waals surface area (Å²) in [5.74, 6) is 0. The molecule has 3 aromatic carbocycles. The Hall–Kier alpha value is -1.66. The molecule has 0 bridgehead atoms. The smallest absolute Gasteiger partial charge is 0.0812 e. The Kier molecular flexibility index (Phi) is 5.68. The number of rotatable bonds is 6. The molecule has 1 nitrogen and oxygen atoms in total. The molecule has 24 heavy (non-hydrogen) atoms. The third-order valence-corrected chi connectivity index (χ3v) is 7.22. The Morgan fingerprint density at radius 2 is 1.04 bits per heavy atom. The van der Waals surface area contributed by atoms with Crippen LogP contribution in [-0.2, 0) is 9.89 Å². The second-order valence-corrected chi connectivity index (χ2v) is 8.47. The van der Waals surface area contributed by atoms with Gasteiger partial charge in [-0.3, -0.25) is 0 Å². The Balaban J connectivity index is 2.33.